The highest BCUT2D eigenvalue weighted by Gasteiger charge is 2.05. The van der Waals surface area contributed by atoms with Crippen molar-refractivity contribution in [3.8, 4) is 11.1 Å². The third-order valence-electron chi connectivity index (χ3n) is 3.69. The molecule has 0 radical (unpaired) electrons. The number of hydrogen-bond acceptors (Lipinski definition) is 2. The number of aromatic nitrogens is 1. The van der Waals surface area contributed by atoms with E-state index in [0.717, 1.165) is 16.7 Å². The summed E-state index contributed by atoms with van der Waals surface area (Å²) in [6.45, 7) is 0.804. The first-order valence-corrected chi connectivity index (χ1v) is 7.54. The minimum atomic E-state index is -0.305. The van der Waals surface area contributed by atoms with Crippen LogP contribution in [0.2, 0.25) is 0 Å². The van der Waals surface area contributed by atoms with E-state index in [1.165, 1.54) is 24.3 Å². The van der Waals surface area contributed by atoms with Crippen LogP contribution < -0.4 is 10.9 Å². The zero-order valence-corrected chi connectivity index (χ0v) is 12.9. The van der Waals surface area contributed by atoms with Crippen molar-refractivity contribution >= 4 is 0 Å². The summed E-state index contributed by atoms with van der Waals surface area (Å²) in [5.41, 5.74) is 2.80. The molecule has 0 bridgehead atoms. The summed E-state index contributed by atoms with van der Waals surface area (Å²) in [4.78, 5) is 14.6. The second-order valence-electron chi connectivity index (χ2n) is 5.48. The Labute approximate surface area is 138 Å². The van der Waals surface area contributed by atoms with Crippen LogP contribution in [0.25, 0.3) is 11.1 Å². The summed E-state index contributed by atoms with van der Waals surface area (Å²) in [6.07, 6.45) is 1.60. The molecule has 2 N–H and O–H groups in total. The maximum atomic E-state index is 13.1. The van der Waals surface area contributed by atoms with Gasteiger partial charge in [0, 0.05) is 24.8 Å². The average Bonchev–Trinajstić information content (AvgIpc) is 2.57. The predicted octanol–water partition coefficient (Wildman–Crippen LogP) is 3.61. The third-order valence-corrected chi connectivity index (χ3v) is 3.69. The molecule has 0 aliphatic carbocycles. The van der Waals surface area contributed by atoms with E-state index in [9.17, 15) is 13.6 Å². The van der Waals surface area contributed by atoms with E-state index >= 15 is 0 Å². The van der Waals surface area contributed by atoms with Crippen LogP contribution in [0.15, 0.2) is 65.6 Å². The van der Waals surface area contributed by atoms with Gasteiger partial charge < -0.3 is 10.3 Å². The summed E-state index contributed by atoms with van der Waals surface area (Å²) in [5.74, 6) is -0.592. The van der Waals surface area contributed by atoms with E-state index in [4.69, 9.17) is 0 Å². The van der Waals surface area contributed by atoms with Gasteiger partial charge in [-0.3, -0.25) is 4.79 Å². The van der Waals surface area contributed by atoms with Crippen molar-refractivity contribution in [2.45, 2.75) is 13.1 Å². The predicted molar refractivity (Wildman–Crippen MR) is 89.4 cm³/mol. The fourth-order valence-corrected chi connectivity index (χ4v) is 2.46. The number of benzene rings is 2. The molecule has 3 rings (SSSR count). The molecule has 0 amide bonds. The second-order valence-corrected chi connectivity index (χ2v) is 5.48. The second kappa shape index (κ2) is 7.19. The molecule has 1 aromatic heterocycles. The van der Waals surface area contributed by atoms with Crippen molar-refractivity contribution in [1.82, 2.24) is 10.3 Å². The topological polar surface area (TPSA) is 44.9 Å². The maximum absolute atomic E-state index is 13.1. The summed E-state index contributed by atoms with van der Waals surface area (Å²) in [7, 11) is 0. The normalized spacial score (nSPS) is 10.8. The molecule has 0 aliphatic rings. The number of halogens is 2. The smallest absolute Gasteiger partial charge is 0.252 e. The molecule has 0 saturated heterocycles. The minimum absolute atomic E-state index is 0.187. The van der Waals surface area contributed by atoms with Gasteiger partial charge in [-0.05, 0) is 47.0 Å². The fourth-order valence-electron chi connectivity index (χ4n) is 2.46. The highest BCUT2D eigenvalue weighted by Crippen LogP contribution is 2.18. The Morgan fingerprint density at radius 1 is 0.875 bits per heavy atom. The molecular formula is C19H16F2N2O. The lowest BCUT2D eigenvalue weighted by Crippen LogP contribution is -2.20. The standard InChI is InChI=1S/C19H16F2N2O/c20-17-6-4-14(5-7-17)15-9-16(19(24)23-12-15)11-22-10-13-2-1-3-18(21)8-13/h1-9,12,22H,10-11H2,(H,23,24). The quantitative estimate of drug-likeness (QED) is 0.752. The van der Waals surface area contributed by atoms with Gasteiger partial charge in [-0.1, -0.05) is 24.3 Å². The fraction of sp³-hybridized carbons (Fsp3) is 0.105. The van der Waals surface area contributed by atoms with Crippen LogP contribution in [0.4, 0.5) is 8.78 Å². The maximum Gasteiger partial charge on any atom is 0.252 e. The van der Waals surface area contributed by atoms with Crippen LogP contribution in [0.3, 0.4) is 0 Å². The number of aromatic amines is 1. The van der Waals surface area contributed by atoms with Gasteiger partial charge in [-0.15, -0.1) is 0 Å². The Hall–Kier alpha value is -2.79. The van der Waals surface area contributed by atoms with E-state index < -0.39 is 0 Å². The Morgan fingerprint density at radius 3 is 2.42 bits per heavy atom. The molecule has 122 valence electrons. The number of rotatable bonds is 5. The SMILES string of the molecule is O=c1[nH]cc(-c2ccc(F)cc2)cc1CNCc1cccc(F)c1. The average molecular weight is 326 g/mol. The van der Waals surface area contributed by atoms with Crippen molar-refractivity contribution in [2.75, 3.05) is 0 Å². The number of hydrogen-bond donors (Lipinski definition) is 2. The van der Waals surface area contributed by atoms with Crippen LogP contribution in [0.1, 0.15) is 11.1 Å². The van der Waals surface area contributed by atoms with Crippen molar-refractivity contribution in [1.29, 1.82) is 0 Å². The lowest BCUT2D eigenvalue weighted by atomic mass is 10.1. The summed E-state index contributed by atoms with van der Waals surface area (Å²) in [6, 6.07) is 14.1. The highest BCUT2D eigenvalue weighted by molar-refractivity contribution is 5.62. The van der Waals surface area contributed by atoms with Gasteiger partial charge in [0.1, 0.15) is 11.6 Å². The molecule has 0 spiro atoms. The molecule has 0 unspecified atom stereocenters. The molecule has 0 atom stereocenters. The molecule has 1 heterocycles. The first-order chi connectivity index (χ1) is 11.6. The first-order valence-electron chi connectivity index (χ1n) is 7.54. The van der Waals surface area contributed by atoms with Gasteiger partial charge in [-0.2, -0.15) is 0 Å². The van der Waals surface area contributed by atoms with Crippen molar-refractivity contribution in [3.05, 3.63) is 93.9 Å². The molecule has 0 fully saturated rings. The molecule has 3 aromatic rings. The zero-order valence-electron chi connectivity index (χ0n) is 12.9. The monoisotopic (exact) mass is 326 g/mol. The van der Waals surface area contributed by atoms with Crippen LogP contribution >= 0.6 is 0 Å². The van der Waals surface area contributed by atoms with E-state index in [0.29, 0.717) is 18.7 Å². The van der Waals surface area contributed by atoms with Crippen molar-refractivity contribution in [2.24, 2.45) is 0 Å². The first kappa shape index (κ1) is 16.1. The lowest BCUT2D eigenvalue weighted by molar-refractivity contribution is 0.620. The van der Waals surface area contributed by atoms with Gasteiger partial charge in [0.05, 0.1) is 0 Å². The van der Waals surface area contributed by atoms with Crippen LogP contribution in [-0.2, 0) is 13.1 Å². The Kier molecular flexibility index (Phi) is 4.82. The van der Waals surface area contributed by atoms with Crippen LogP contribution in [-0.4, -0.2) is 4.98 Å². The van der Waals surface area contributed by atoms with E-state index in [-0.39, 0.29) is 17.2 Å². The van der Waals surface area contributed by atoms with Gasteiger partial charge in [0.2, 0.25) is 0 Å². The molecule has 0 aliphatic heterocycles. The summed E-state index contributed by atoms with van der Waals surface area (Å²) in [5, 5.41) is 3.13. The van der Waals surface area contributed by atoms with Gasteiger partial charge in [0.15, 0.2) is 0 Å². The Morgan fingerprint density at radius 2 is 1.67 bits per heavy atom. The molecule has 2 aromatic carbocycles. The van der Waals surface area contributed by atoms with Crippen molar-refractivity contribution < 1.29 is 8.78 Å². The zero-order chi connectivity index (χ0) is 16.9. The largest absolute Gasteiger partial charge is 0.328 e. The molecule has 24 heavy (non-hydrogen) atoms. The van der Waals surface area contributed by atoms with Crippen LogP contribution in [0, 0.1) is 11.6 Å². The van der Waals surface area contributed by atoms with Gasteiger partial charge in [-0.25, -0.2) is 8.78 Å². The summed E-state index contributed by atoms with van der Waals surface area (Å²) >= 11 is 0. The lowest BCUT2D eigenvalue weighted by Gasteiger charge is -2.07. The number of pyridine rings is 1. The summed E-state index contributed by atoms with van der Waals surface area (Å²) < 4.78 is 26.1. The van der Waals surface area contributed by atoms with E-state index in [2.05, 4.69) is 10.3 Å². The number of H-pyrrole nitrogens is 1. The van der Waals surface area contributed by atoms with Crippen LogP contribution in [0.5, 0.6) is 0 Å². The Balaban J connectivity index is 1.72. The highest BCUT2D eigenvalue weighted by atomic mass is 19.1. The van der Waals surface area contributed by atoms with E-state index in [1.807, 2.05) is 6.07 Å². The molecular weight excluding hydrogens is 310 g/mol. The van der Waals surface area contributed by atoms with Gasteiger partial charge in [0.25, 0.3) is 5.56 Å². The van der Waals surface area contributed by atoms with E-state index in [1.54, 1.807) is 30.5 Å². The Bertz CT molecular complexity index is 888. The number of nitrogens with one attached hydrogen (secondary N) is 2. The molecule has 0 saturated carbocycles. The van der Waals surface area contributed by atoms with Crippen molar-refractivity contribution in [3.63, 3.8) is 0 Å². The molecule has 3 nitrogen and oxygen atoms in total. The third kappa shape index (κ3) is 3.94. The molecule has 5 heteroatoms. The minimum Gasteiger partial charge on any atom is -0.328 e. The van der Waals surface area contributed by atoms with Gasteiger partial charge >= 0.3 is 0 Å².